The molecule has 0 aromatic carbocycles. The number of hydrogen-bond donors (Lipinski definition) is 1. The molecule has 1 aromatic heterocycles. The van der Waals surface area contributed by atoms with Crippen LogP contribution in [0.25, 0.3) is 0 Å². The monoisotopic (exact) mass is 276 g/mol. The van der Waals surface area contributed by atoms with Crippen LogP contribution in [0, 0.1) is 0 Å². The van der Waals surface area contributed by atoms with Gasteiger partial charge in [-0.25, -0.2) is 0 Å². The molecule has 106 valence electrons. The van der Waals surface area contributed by atoms with Crippen LogP contribution in [0.3, 0.4) is 0 Å². The van der Waals surface area contributed by atoms with Crippen molar-refractivity contribution in [2.24, 2.45) is 0 Å². The number of aliphatic hydroxyl groups excluding tert-OH is 1. The van der Waals surface area contributed by atoms with E-state index in [2.05, 4.69) is 4.98 Å². The molecule has 0 bridgehead atoms. The standard InChI is InChI=1S/C12H15F3N2O2/c13-12(14,15)11-8-17(4-5-19-11)7-10(18)9-2-1-3-16-6-9/h1-3,6,10-11,18H,4-5,7-8H2. The van der Waals surface area contributed by atoms with E-state index in [1.807, 2.05) is 0 Å². The lowest BCUT2D eigenvalue weighted by molar-refractivity contribution is -0.238. The number of morpholine rings is 1. The smallest absolute Gasteiger partial charge is 0.387 e. The van der Waals surface area contributed by atoms with Crippen molar-refractivity contribution in [3.8, 4) is 0 Å². The fraction of sp³-hybridized carbons (Fsp3) is 0.583. The van der Waals surface area contributed by atoms with E-state index in [0.717, 1.165) is 0 Å². The van der Waals surface area contributed by atoms with Crippen LogP contribution in [0.1, 0.15) is 11.7 Å². The molecule has 2 heterocycles. The van der Waals surface area contributed by atoms with Crippen molar-refractivity contribution in [3.63, 3.8) is 0 Å². The van der Waals surface area contributed by atoms with Gasteiger partial charge in [0.05, 0.1) is 12.7 Å². The quantitative estimate of drug-likeness (QED) is 0.906. The van der Waals surface area contributed by atoms with Gasteiger partial charge in [0.15, 0.2) is 6.10 Å². The van der Waals surface area contributed by atoms with Crippen LogP contribution in [-0.4, -0.2) is 53.5 Å². The normalized spacial score (nSPS) is 23.3. The molecule has 0 spiro atoms. The van der Waals surface area contributed by atoms with E-state index in [9.17, 15) is 18.3 Å². The number of nitrogens with zero attached hydrogens (tertiary/aromatic N) is 2. The molecular formula is C12H15F3N2O2. The summed E-state index contributed by atoms with van der Waals surface area (Å²) < 4.78 is 42.4. The number of alkyl halides is 3. The average molecular weight is 276 g/mol. The Bertz CT molecular complexity index is 400. The van der Waals surface area contributed by atoms with E-state index in [1.54, 1.807) is 23.2 Å². The summed E-state index contributed by atoms with van der Waals surface area (Å²) in [6.07, 6.45) is -3.91. The second-order valence-electron chi connectivity index (χ2n) is 4.46. The van der Waals surface area contributed by atoms with Crippen molar-refractivity contribution >= 4 is 0 Å². The maximum absolute atomic E-state index is 12.6. The van der Waals surface area contributed by atoms with E-state index < -0.39 is 18.4 Å². The molecule has 2 unspecified atom stereocenters. The Hall–Kier alpha value is -1.18. The SMILES string of the molecule is OC(CN1CCOC(C(F)(F)F)C1)c1cccnc1. The van der Waals surface area contributed by atoms with E-state index in [1.165, 1.54) is 6.20 Å². The molecule has 7 heteroatoms. The lowest BCUT2D eigenvalue weighted by Gasteiger charge is -2.34. The summed E-state index contributed by atoms with van der Waals surface area (Å²) in [5.41, 5.74) is 0.595. The second-order valence-corrected chi connectivity index (χ2v) is 4.46. The summed E-state index contributed by atoms with van der Waals surface area (Å²) in [6.45, 7) is 0.288. The largest absolute Gasteiger partial charge is 0.415 e. The van der Waals surface area contributed by atoms with Gasteiger partial charge in [-0.05, 0) is 6.07 Å². The van der Waals surface area contributed by atoms with Gasteiger partial charge in [0.2, 0.25) is 0 Å². The molecule has 1 aliphatic rings. The predicted octanol–water partition coefficient (Wildman–Crippen LogP) is 1.38. The Morgan fingerprint density at radius 1 is 1.53 bits per heavy atom. The van der Waals surface area contributed by atoms with Crippen LogP contribution in [-0.2, 0) is 4.74 Å². The van der Waals surface area contributed by atoms with Gasteiger partial charge < -0.3 is 9.84 Å². The molecule has 1 aliphatic heterocycles. The number of pyridine rings is 1. The first-order valence-electron chi connectivity index (χ1n) is 5.95. The van der Waals surface area contributed by atoms with Gasteiger partial charge in [0.1, 0.15) is 0 Å². The first-order valence-corrected chi connectivity index (χ1v) is 5.95. The molecule has 1 aromatic rings. The maximum Gasteiger partial charge on any atom is 0.415 e. The lowest BCUT2D eigenvalue weighted by Crippen LogP contribution is -2.50. The summed E-state index contributed by atoms with van der Waals surface area (Å²) in [4.78, 5) is 5.42. The van der Waals surface area contributed by atoms with Crippen LogP contribution < -0.4 is 0 Å². The molecule has 1 fully saturated rings. The van der Waals surface area contributed by atoms with Gasteiger partial charge in [-0.2, -0.15) is 13.2 Å². The van der Waals surface area contributed by atoms with Crippen molar-refractivity contribution < 1.29 is 23.0 Å². The third kappa shape index (κ3) is 3.89. The Morgan fingerprint density at radius 2 is 2.32 bits per heavy atom. The molecule has 4 nitrogen and oxygen atoms in total. The molecule has 0 amide bonds. The van der Waals surface area contributed by atoms with Gasteiger partial charge in [-0.15, -0.1) is 0 Å². The van der Waals surface area contributed by atoms with E-state index in [-0.39, 0.29) is 19.7 Å². The number of aliphatic hydroxyl groups is 1. The Morgan fingerprint density at radius 3 is 2.95 bits per heavy atom. The Kier molecular flexibility index (Phi) is 4.38. The minimum absolute atomic E-state index is 0.0178. The first kappa shape index (κ1) is 14.2. The van der Waals surface area contributed by atoms with Gasteiger partial charge in [0, 0.05) is 37.6 Å². The summed E-state index contributed by atoms with van der Waals surface area (Å²) in [7, 11) is 0. The highest BCUT2D eigenvalue weighted by Gasteiger charge is 2.43. The van der Waals surface area contributed by atoms with Crippen molar-refractivity contribution in [1.29, 1.82) is 0 Å². The highest BCUT2D eigenvalue weighted by atomic mass is 19.4. The van der Waals surface area contributed by atoms with Crippen LogP contribution in [0.4, 0.5) is 13.2 Å². The summed E-state index contributed by atoms with van der Waals surface area (Å²) >= 11 is 0. The molecule has 0 aliphatic carbocycles. The topological polar surface area (TPSA) is 45.6 Å². The van der Waals surface area contributed by atoms with Gasteiger partial charge in [-0.1, -0.05) is 6.07 Å². The summed E-state index contributed by atoms with van der Waals surface area (Å²) in [6, 6.07) is 3.37. The molecule has 0 radical (unpaired) electrons. The van der Waals surface area contributed by atoms with Gasteiger partial charge in [-0.3, -0.25) is 9.88 Å². The molecule has 2 atom stereocenters. The maximum atomic E-state index is 12.6. The van der Waals surface area contributed by atoms with Crippen molar-refractivity contribution in [2.75, 3.05) is 26.2 Å². The lowest BCUT2D eigenvalue weighted by atomic mass is 10.1. The highest BCUT2D eigenvalue weighted by Crippen LogP contribution is 2.26. The number of β-amino-alcohol motifs (C(OH)–C–C–N with tert-alkyl or cyclic N) is 1. The fourth-order valence-corrected chi connectivity index (χ4v) is 1.99. The number of aromatic nitrogens is 1. The van der Waals surface area contributed by atoms with Crippen LogP contribution >= 0.6 is 0 Å². The number of ether oxygens (including phenoxy) is 1. The fourth-order valence-electron chi connectivity index (χ4n) is 1.99. The zero-order chi connectivity index (χ0) is 13.9. The highest BCUT2D eigenvalue weighted by molar-refractivity contribution is 5.12. The third-order valence-electron chi connectivity index (χ3n) is 3.02. The predicted molar refractivity (Wildman–Crippen MR) is 61.4 cm³/mol. The average Bonchev–Trinajstić information content (AvgIpc) is 2.39. The van der Waals surface area contributed by atoms with Crippen molar-refractivity contribution in [3.05, 3.63) is 30.1 Å². The minimum atomic E-state index is -4.36. The minimum Gasteiger partial charge on any atom is -0.387 e. The van der Waals surface area contributed by atoms with Crippen molar-refractivity contribution in [1.82, 2.24) is 9.88 Å². The molecule has 1 N–H and O–H groups in total. The second kappa shape index (κ2) is 5.85. The molecule has 0 saturated carbocycles. The molecule has 1 saturated heterocycles. The molecular weight excluding hydrogens is 261 g/mol. The first-order chi connectivity index (χ1) is 8.97. The third-order valence-corrected chi connectivity index (χ3v) is 3.02. The Balaban J connectivity index is 1.92. The molecule has 2 rings (SSSR count). The van der Waals surface area contributed by atoms with Crippen molar-refractivity contribution in [2.45, 2.75) is 18.4 Å². The number of rotatable bonds is 3. The van der Waals surface area contributed by atoms with Crippen LogP contribution in [0.5, 0.6) is 0 Å². The van der Waals surface area contributed by atoms with Gasteiger partial charge in [0.25, 0.3) is 0 Å². The zero-order valence-corrected chi connectivity index (χ0v) is 10.2. The van der Waals surface area contributed by atoms with E-state index in [0.29, 0.717) is 12.1 Å². The van der Waals surface area contributed by atoms with E-state index in [4.69, 9.17) is 4.74 Å². The van der Waals surface area contributed by atoms with Gasteiger partial charge >= 0.3 is 6.18 Å². The zero-order valence-electron chi connectivity index (χ0n) is 10.2. The Labute approximate surface area is 108 Å². The van der Waals surface area contributed by atoms with Crippen LogP contribution in [0.2, 0.25) is 0 Å². The van der Waals surface area contributed by atoms with E-state index >= 15 is 0 Å². The number of halogens is 3. The molecule has 19 heavy (non-hydrogen) atoms. The summed E-state index contributed by atoms with van der Waals surface area (Å²) in [5, 5.41) is 9.96. The summed E-state index contributed by atoms with van der Waals surface area (Å²) in [5.74, 6) is 0. The van der Waals surface area contributed by atoms with Crippen LogP contribution in [0.15, 0.2) is 24.5 Å². The number of hydrogen-bond acceptors (Lipinski definition) is 4.